The van der Waals surface area contributed by atoms with Gasteiger partial charge in [0.1, 0.15) is 5.75 Å². The number of halogens is 4. The number of fused-ring (bicyclic) bond motifs is 3. The van der Waals surface area contributed by atoms with E-state index in [1.54, 1.807) is 0 Å². The highest BCUT2D eigenvalue weighted by atomic mass is 35.5. The summed E-state index contributed by atoms with van der Waals surface area (Å²) in [6, 6.07) is 4.46. The molecule has 1 unspecified atom stereocenters. The lowest BCUT2D eigenvalue weighted by atomic mass is 9.96. The van der Waals surface area contributed by atoms with Crippen LogP contribution in [-0.2, 0) is 9.59 Å². The molecule has 1 N–H and O–H groups in total. The molecular formula is C19H14ClF3N4O4. The molecule has 0 spiro atoms. The van der Waals surface area contributed by atoms with Gasteiger partial charge in [-0.2, -0.15) is 0 Å². The number of nitrogens with zero attached hydrogens (tertiary/aromatic N) is 3. The van der Waals surface area contributed by atoms with Crippen molar-refractivity contribution in [1.29, 1.82) is 0 Å². The van der Waals surface area contributed by atoms with E-state index in [4.69, 9.17) is 11.6 Å². The first-order valence-electron chi connectivity index (χ1n) is 8.96. The summed E-state index contributed by atoms with van der Waals surface area (Å²) < 4.78 is 42.0. The number of anilines is 2. The Morgan fingerprint density at radius 1 is 1.26 bits per heavy atom. The molecular weight excluding hydrogens is 441 g/mol. The third-order valence-electron chi connectivity index (χ3n) is 5.17. The van der Waals surface area contributed by atoms with E-state index in [0.29, 0.717) is 0 Å². The number of hydrogen-bond donors (Lipinski definition) is 1. The molecule has 4 rings (SSSR count). The predicted molar refractivity (Wildman–Crippen MR) is 103 cm³/mol. The van der Waals surface area contributed by atoms with E-state index in [9.17, 15) is 27.6 Å². The smallest absolute Gasteiger partial charge is 0.406 e. The number of rotatable bonds is 3. The zero-order valence-corrected chi connectivity index (χ0v) is 16.6. The normalized spacial score (nSPS) is 20.4. The second-order valence-corrected chi connectivity index (χ2v) is 7.42. The Kier molecular flexibility index (Phi) is 4.80. The standard InChI is InChI=1S/C19H14ClF3N4O4/c1-26-16(29)13-3-2-12(31-19(21,22)23)7-14(13)27-15(28)4-5-18(26,27)17(30)25-11-6-10(20)8-24-9-11/h2-3,6-9H,4-5H2,1H3,(H,25,30). The van der Waals surface area contributed by atoms with E-state index >= 15 is 0 Å². The largest absolute Gasteiger partial charge is 0.573 e. The number of pyridine rings is 1. The average molecular weight is 455 g/mol. The monoisotopic (exact) mass is 454 g/mol. The molecule has 2 aliphatic heterocycles. The van der Waals surface area contributed by atoms with E-state index < -0.39 is 35.5 Å². The summed E-state index contributed by atoms with van der Waals surface area (Å²) in [7, 11) is 1.35. The molecule has 8 nitrogen and oxygen atoms in total. The van der Waals surface area contributed by atoms with Crippen molar-refractivity contribution in [3.05, 3.63) is 47.2 Å². The molecule has 12 heteroatoms. The Labute approximate surface area is 178 Å². The molecule has 1 aromatic carbocycles. The quantitative estimate of drug-likeness (QED) is 0.769. The van der Waals surface area contributed by atoms with E-state index in [2.05, 4.69) is 15.0 Å². The van der Waals surface area contributed by atoms with Crippen LogP contribution >= 0.6 is 11.6 Å². The highest BCUT2D eigenvalue weighted by molar-refractivity contribution is 6.30. The van der Waals surface area contributed by atoms with Gasteiger partial charge in [0.25, 0.3) is 11.8 Å². The second-order valence-electron chi connectivity index (χ2n) is 6.98. The molecule has 162 valence electrons. The van der Waals surface area contributed by atoms with Crippen LogP contribution in [0.1, 0.15) is 23.2 Å². The summed E-state index contributed by atoms with van der Waals surface area (Å²) in [6.07, 6.45) is -2.43. The summed E-state index contributed by atoms with van der Waals surface area (Å²) in [6.45, 7) is 0. The van der Waals surface area contributed by atoms with Crippen LogP contribution in [0.3, 0.4) is 0 Å². The minimum atomic E-state index is -4.97. The molecule has 0 radical (unpaired) electrons. The van der Waals surface area contributed by atoms with Gasteiger partial charge in [0, 0.05) is 32.2 Å². The van der Waals surface area contributed by atoms with Crippen LogP contribution < -0.4 is 15.0 Å². The third-order valence-corrected chi connectivity index (χ3v) is 5.37. The molecule has 31 heavy (non-hydrogen) atoms. The molecule has 1 saturated heterocycles. The summed E-state index contributed by atoms with van der Waals surface area (Å²) >= 11 is 5.89. The van der Waals surface area contributed by atoms with Crippen LogP contribution in [0.25, 0.3) is 0 Å². The average Bonchev–Trinajstić information content (AvgIpc) is 3.03. The maximum absolute atomic E-state index is 13.3. The van der Waals surface area contributed by atoms with Crippen LogP contribution in [0.5, 0.6) is 5.75 Å². The second kappa shape index (κ2) is 7.12. The first kappa shape index (κ1) is 20.9. The van der Waals surface area contributed by atoms with Crippen molar-refractivity contribution >= 4 is 40.7 Å². The molecule has 0 bridgehead atoms. The van der Waals surface area contributed by atoms with E-state index in [1.165, 1.54) is 25.5 Å². The molecule has 0 aliphatic carbocycles. The fourth-order valence-electron chi connectivity index (χ4n) is 3.86. The number of ether oxygens (including phenoxy) is 1. The number of alkyl halides is 3. The van der Waals surface area contributed by atoms with E-state index in [0.717, 1.165) is 28.0 Å². The summed E-state index contributed by atoms with van der Waals surface area (Å²) in [5.41, 5.74) is -1.71. The number of nitrogens with one attached hydrogen (secondary N) is 1. The maximum atomic E-state index is 13.3. The lowest BCUT2D eigenvalue weighted by molar-refractivity contribution is -0.274. The predicted octanol–water partition coefficient (Wildman–Crippen LogP) is 3.18. The van der Waals surface area contributed by atoms with Gasteiger partial charge in [0.15, 0.2) is 0 Å². The van der Waals surface area contributed by atoms with Crippen LogP contribution in [0.4, 0.5) is 24.5 Å². The molecule has 3 amide bonds. The van der Waals surface area contributed by atoms with Crippen LogP contribution in [0.15, 0.2) is 36.7 Å². The Balaban J connectivity index is 1.80. The first-order chi connectivity index (χ1) is 14.5. The fraction of sp³-hybridized carbons (Fsp3) is 0.263. The van der Waals surface area contributed by atoms with Crippen molar-refractivity contribution in [3.63, 3.8) is 0 Å². The summed E-state index contributed by atoms with van der Waals surface area (Å²) in [4.78, 5) is 45.1. The first-order valence-corrected chi connectivity index (χ1v) is 9.34. The van der Waals surface area contributed by atoms with Crippen molar-refractivity contribution in [2.24, 2.45) is 0 Å². The zero-order valence-electron chi connectivity index (χ0n) is 15.9. The van der Waals surface area contributed by atoms with Gasteiger partial charge >= 0.3 is 6.36 Å². The van der Waals surface area contributed by atoms with Gasteiger partial charge in [0.2, 0.25) is 11.6 Å². The topological polar surface area (TPSA) is 91.8 Å². The Morgan fingerprint density at radius 2 is 2.00 bits per heavy atom. The summed E-state index contributed by atoms with van der Waals surface area (Å²) in [5.74, 6) is -2.49. The molecule has 1 fully saturated rings. The van der Waals surface area contributed by atoms with Crippen LogP contribution in [-0.4, -0.2) is 46.7 Å². The number of amides is 3. The number of aromatic nitrogens is 1. The van der Waals surface area contributed by atoms with Crippen molar-refractivity contribution in [2.45, 2.75) is 24.9 Å². The highest BCUT2D eigenvalue weighted by Gasteiger charge is 2.59. The van der Waals surface area contributed by atoms with Gasteiger partial charge in [-0.3, -0.25) is 24.3 Å². The lowest BCUT2D eigenvalue weighted by Gasteiger charge is -2.47. The molecule has 3 heterocycles. The minimum absolute atomic E-state index is 0.0277. The SMILES string of the molecule is CN1C(=O)c2ccc(OC(F)(F)F)cc2N2C(=O)CCC12C(=O)Nc1cncc(Cl)c1. The highest BCUT2D eigenvalue weighted by Crippen LogP contribution is 2.45. The van der Waals surface area contributed by atoms with Gasteiger partial charge in [0.05, 0.1) is 28.2 Å². The number of likely N-dealkylation sites (N-methyl/N-ethyl adjacent to an activating group) is 1. The lowest BCUT2D eigenvalue weighted by Crippen LogP contribution is -2.68. The van der Waals surface area contributed by atoms with Gasteiger partial charge in [-0.25, -0.2) is 0 Å². The minimum Gasteiger partial charge on any atom is -0.406 e. The van der Waals surface area contributed by atoms with Crippen molar-refractivity contribution in [3.8, 4) is 5.75 Å². The number of carbonyl (C=O) groups excluding carboxylic acids is 3. The van der Waals surface area contributed by atoms with Gasteiger partial charge in [-0.1, -0.05) is 11.6 Å². The zero-order chi connectivity index (χ0) is 22.6. The molecule has 2 aliphatic rings. The molecule has 2 aromatic rings. The summed E-state index contributed by atoms with van der Waals surface area (Å²) in [5, 5.41) is 2.84. The third kappa shape index (κ3) is 3.44. The number of carbonyl (C=O) groups is 3. The Bertz CT molecular complexity index is 1110. The molecule has 1 atom stereocenters. The fourth-order valence-corrected chi connectivity index (χ4v) is 4.04. The molecule has 0 saturated carbocycles. The van der Waals surface area contributed by atoms with Crippen molar-refractivity contribution < 1.29 is 32.3 Å². The van der Waals surface area contributed by atoms with Crippen LogP contribution in [0, 0.1) is 0 Å². The van der Waals surface area contributed by atoms with Crippen LogP contribution in [0.2, 0.25) is 5.02 Å². The number of benzene rings is 1. The Morgan fingerprint density at radius 3 is 2.68 bits per heavy atom. The Hall–Kier alpha value is -3.34. The van der Waals surface area contributed by atoms with E-state index in [1.807, 2.05) is 0 Å². The number of hydrogen-bond acceptors (Lipinski definition) is 5. The van der Waals surface area contributed by atoms with Gasteiger partial charge in [-0.15, -0.1) is 13.2 Å². The van der Waals surface area contributed by atoms with Crippen molar-refractivity contribution in [1.82, 2.24) is 9.88 Å². The van der Waals surface area contributed by atoms with Gasteiger partial charge in [-0.05, 0) is 18.2 Å². The maximum Gasteiger partial charge on any atom is 0.573 e. The van der Waals surface area contributed by atoms with Gasteiger partial charge < -0.3 is 15.0 Å². The van der Waals surface area contributed by atoms with Crippen molar-refractivity contribution in [2.75, 3.05) is 17.3 Å². The molecule has 1 aromatic heterocycles. The van der Waals surface area contributed by atoms with E-state index in [-0.39, 0.29) is 34.8 Å².